The molecule has 0 radical (unpaired) electrons. The van der Waals surface area contributed by atoms with E-state index in [0.29, 0.717) is 30.5 Å². The van der Waals surface area contributed by atoms with Crippen LogP contribution in [0.2, 0.25) is 0 Å². The lowest BCUT2D eigenvalue weighted by atomic mass is 10.0. The van der Waals surface area contributed by atoms with Crippen LogP contribution in [0.5, 0.6) is 0 Å². The van der Waals surface area contributed by atoms with Gasteiger partial charge >= 0.3 is 0 Å². The lowest BCUT2D eigenvalue weighted by molar-refractivity contribution is -0.170. The van der Waals surface area contributed by atoms with Gasteiger partial charge in [0, 0.05) is 23.9 Å². The largest absolute Gasteiger partial charge is 0.342 e. The Morgan fingerprint density at radius 2 is 1.85 bits per heavy atom. The number of aromatic nitrogens is 2. The Labute approximate surface area is 153 Å². The van der Waals surface area contributed by atoms with Crippen molar-refractivity contribution in [3.63, 3.8) is 0 Å². The van der Waals surface area contributed by atoms with Crippen molar-refractivity contribution in [2.24, 2.45) is 5.92 Å². The van der Waals surface area contributed by atoms with Gasteiger partial charge in [0.05, 0.1) is 18.8 Å². The predicted molar refractivity (Wildman–Crippen MR) is 97.5 cm³/mol. The van der Waals surface area contributed by atoms with Gasteiger partial charge in [-0.1, -0.05) is 12.0 Å². The molecule has 0 N–H and O–H groups in total. The zero-order chi connectivity index (χ0) is 18.2. The van der Waals surface area contributed by atoms with E-state index in [4.69, 9.17) is 9.47 Å². The Bertz CT molecular complexity index is 770. The molecule has 1 saturated heterocycles. The first-order chi connectivity index (χ1) is 12.7. The molecule has 0 spiro atoms. The maximum absolute atomic E-state index is 13.0. The Morgan fingerprint density at radius 1 is 1.15 bits per heavy atom. The number of rotatable bonds is 5. The highest BCUT2D eigenvalue weighted by Crippen LogP contribution is 2.17. The number of hydrogen-bond acceptors (Lipinski definition) is 4. The van der Waals surface area contributed by atoms with Crippen molar-refractivity contribution in [1.29, 1.82) is 0 Å². The van der Waals surface area contributed by atoms with Gasteiger partial charge in [0.2, 0.25) is 6.29 Å². The predicted octanol–water partition coefficient (Wildman–Crippen LogP) is 3.98. The Balaban J connectivity index is 1.52. The van der Waals surface area contributed by atoms with Crippen LogP contribution in [-0.4, -0.2) is 29.5 Å². The molecule has 1 aromatic heterocycles. The summed E-state index contributed by atoms with van der Waals surface area (Å²) in [7, 11) is 0. The van der Waals surface area contributed by atoms with E-state index in [1.54, 1.807) is 24.5 Å². The van der Waals surface area contributed by atoms with Crippen LogP contribution in [0.25, 0.3) is 11.4 Å². The van der Waals surface area contributed by atoms with E-state index in [0.717, 1.165) is 24.8 Å². The molecule has 0 atom stereocenters. The summed E-state index contributed by atoms with van der Waals surface area (Å²) in [5, 5.41) is 0. The molecule has 26 heavy (non-hydrogen) atoms. The van der Waals surface area contributed by atoms with Gasteiger partial charge in [0.1, 0.15) is 5.82 Å². The first-order valence-electron chi connectivity index (χ1n) is 8.68. The second-order valence-electron chi connectivity index (χ2n) is 6.16. The molecular weight excluding hydrogens is 331 g/mol. The maximum atomic E-state index is 13.0. The summed E-state index contributed by atoms with van der Waals surface area (Å²) in [6.45, 7) is 5.05. The fourth-order valence-corrected chi connectivity index (χ4v) is 2.63. The lowest BCUT2D eigenvalue weighted by Gasteiger charge is -2.26. The number of allylic oxidation sites excluding steroid dienone is 1. The molecule has 5 heteroatoms. The molecule has 0 bridgehead atoms. The number of unbranched alkanes of at least 4 members (excludes halogenated alkanes) is 1. The minimum Gasteiger partial charge on any atom is -0.342 e. The fourth-order valence-electron chi connectivity index (χ4n) is 2.63. The molecule has 1 fully saturated rings. The number of ether oxygens (including phenoxy) is 2. The van der Waals surface area contributed by atoms with Crippen molar-refractivity contribution in [1.82, 2.24) is 9.97 Å². The molecule has 0 saturated carbocycles. The quantitative estimate of drug-likeness (QED) is 0.464. The first-order valence-corrected chi connectivity index (χ1v) is 8.68. The third-order valence-electron chi connectivity index (χ3n) is 4.08. The van der Waals surface area contributed by atoms with Crippen molar-refractivity contribution < 1.29 is 13.9 Å². The van der Waals surface area contributed by atoms with Crippen LogP contribution >= 0.6 is 0 Å². The maximum Gasteiger partial charge on any atom is 0.222 e. The zero-order valence-electron chi connectivity index (χ0n) is 14.5. The van der Waals surface area contributed by atoms with Crippen molar-refractivity contribution in [3.05, 3.63) is 60.7 Å². The first kappa shape index (κ1) is 18.2. The monoisotopic (exact) mass is 352 g/mol. The van der Waals surface area contributed by atoms with E-state index in [9.17, 15) is 4.39 Å². The molecule has 0 amide bonds. The Hall–Kier alpha value is -2.55. The van der Waals surface area contributed by atoms with E-state index in [-0.39, 0.29) is 5.82 Å². The molecule has 134 valence electrons. The minimum atomic E-state index is -0.512. The zero-order valence-corrected chi connectivity index (χ0v) is 14.5. The average Bonchev–Trinajstić information content (AvgIpc) is 2.69. The molecule has 1 aliphatic heterocycles. The standard InChI is InChI=1S/C21H21FN2O2/c1-2-3-4-5-17-14-25-20(26-15-17)11-6-16-12-23-21(24-13-16)18-7-9-19(22)10-8-18/h2,7-10,12-13,17,20H,1,3-5,14-15H2/t17-,20-. The molecule has 2 aromatic rings. The normalized spacial score (nSPS) is 19.4. The SMILES string of the molecule is C=CCCC[C@H]1CO[C@H](C#Cc2cnc(-c3ccc(F)cc3)nc2)OC1. The van der Waals surface area contributed by atoms with E-state index in [2.05, 4.69) is 28.4 Å². The molecule has 1 aromatic carbocycles. The van der Waals surface area contributed by atoms with Crippen LogP contribution < -0.4 is 0 Å². The van der Waals surface area contributed by atoms with E-state index < -0.39 is 6.29 Å². The van der Waals surface area contributed by atoms with Gasteiger partial charge in [-0.3, -0.25) is 0 Å². The van der Waals surface area contributed by atoms with Crippen LogP contribution in [0.1, 0.15) is 24.8 Å². The number of halogens is 1. The topological polar surface area (TPSA) is 44.2 Å². The van der Waals surface area contributed by atoms with Crippen LogP contribution in [0.15, 0.2) is 49.3 Å². The van der Waals surface area contributed by atoms with Gasteiger partial charge in [0.15, 0.2) is 5.82 Å². The highest BCUT2D eigenvalue weighted by Gasteiger charge is 2.20. The lowest BCUT2D eigenvalue weighted by Crippen LogP contribution is -2.31. The van der Waals surface area contributed by atoms with Gasteiger partial charge in [0.25, 0.3) is 0 Å². The smallest absolute Gasteiger partial charge is 0.222 e. The van der Waals surface area contributed by atoms with Crippen molar-refractivity contribution >= 4 is 0 Å². The van der Waals surface area contributed by atoms with Gasteiger partial charge in [-0.25, -0.2) is 14.4 Å². The Morgan fingerprint density at radius 3 is 2.50 bits per heavy atom. The van der Waals surface area contributed by atoms with Crippen LogP contribution in [-0.2, 0) is 9.47 Å². The number of hydrogen-bond donors (Lipinski definition) is 0. The van der Waals surface area contributed by atoms with Crippen LogP contribution in [0.3, 0.4) is 0 Å². The van der Waals surface area contributed by atoms with Crippen molar-refractivity contribution in [2.45, 2.75) is 25.6 Å². The summed E-state index contributed by atoms with van der Waals surface area (Å²) < 4.78 is 24.3. The second kappa shape index (κ2) is 9.23. The van der Waals surface area contributed by atoms with Crippen LogP contribution in [0, 0.1) is 23.6 Å². The summed E-state index contributed by atoms with van der Waals surface area (Å²) >= 11 is 0. The van der Waals surface area contributed by atoms with Gasteiger partial charge in [-0.05, 0) is 49.4 Å². The highest BCUT2D eigenvalue weighted by molar-refractivity contribution is 5.54. The molecule has 2 heterocycles. The van der Waals surface area contributed by atoms with E-state index in [1.165, 1.54) is 12.1 Å². The van der Waals surface area contributed by atoms with Crippen LogP contribution in [0.4, 0.5) is 4.39 Å². The minimum absolute atomic E-state index is 0.285. The molecule has 4 nitrogen and oxygen atoms in total. The molecular formula is C21H21FN2O2. The van der Waals surface area contributed by atoms with Crippen molar-refractivity contribution in [2.75, 3.05) is 13.2 Å². The van der Waals surface area contributed by atoms with Gasteiger partial charge in [-0.15, -0.1) is 6.58 Å². The fraction of sp³-hybridized carbons (Fsp3) is 0.333. The summed E-state index contributed by atoms with van der Waals surface area (Å²) in [6, 6.07) is 6.06. The summed E-state index contributed by atoms with van der Waals surface area (Å²) in [5.74, 6) is 6.59. The number of nitrogens with zero attached hydrogens (tertiary/aromatic N) is 2. The van der Waals surface area contributed by atoms with E-state index in [1.807, 2.05) is 6.08 Å². The average molecular weight is 352 g/mol. The second-order valence-corrected chi connectivity index (χ2v) is 6.16. The summed E-state index contributed by atoms with van der Waals surface area (Å²) in [4.78, 5) is 8.54. The van der Waals surface area contributed by atoms with Gasteiger partial charge in [-0.2, -0.15) is 0 Å². The van der Waals surface area contributed by atoms with Gasteiger partial charge < -0.3 is 9.47 Å². The third-order valence-corrected chi connectivity index (χ3v) is 4.08. The summed E-state index contributed by atoms with van der Waals surface area (Å²) in [5.41, 5.74) is 1.43. The molecule has 3 rings (SSSR count). The Kier molecular flexibility index (Phi) is 6.48. The highest BCUT2D eigenvalue weighted by atomic mass is 19.1. The van der Waals surface area contributed by atoms with Crippen molar-refractivity contribution in [3.8, 4) is 23.2 Å². The van der Waals surface area contributed by atoms with E-state index >= 15 is 0 Å². The summed E-state index contributed by atoms with van der Waals surface area (Å²) in [6.07, 6.45) is 7.90. The molecule has 0 aliphatic carbocycles. The number of benzene rings is 1. The third kappa shape index (κ3) is 5.22. The molecule has 1 aliphatic rings. The molecule has 0 unspecified atom stereocenters.